The maximum Gasteiger partial charge on any atom is 0.192 e. The summed E-state index contributed by atoms with van der Waals surface area (Å²) in [4.78, 5) is 10.8. The van der Waals surface area contributed by atoms with Gasteiger partial charge in [0.25, 0.3) is 0 Å². The Hall–Kier alpha value is -1.83. The number of ketones is 1. The number of carbonyl (C=O) groups excluding carboxylic acids is 1. The van der Waals surface area contributed by atoms with Gasteiger partial charge < -0.3 is 4.74 Å². The molecule has 0 atom stereocenters. The lowest BCUT2D eigenvalue weighted by Crippen LogP contribution is -2.07. The number of hydrogen-bond donors (Lipinski definition) is 0. The molecule has 0 spiro atoms. The van der Waals surface area contributed by atoms with Crippen LogP contribution in [0.4, 0.5) is 0 Å². The largest absolute Gasteiger partial charge is 0.485 e. The van der Waals surface area contributed by atoms with Gasteiger partial charge in [-0.15, -0.1) is 0 Å². The lowest BCUT2D eigenvalue weighted by Gasteiger charge is -2.03. The maximum absolute atomic E-state index is 10.8. The number of ether oxygens (including phenoxy) is 1. The van der Waals surface area contributed by atoms with Crippen molar-refractivity contribution in [2.45, 2.75) is 0 Å². The average molecular weight is 188 g/mol. The second-order valence-corrected chi connectivity index (χ2v) is 2.73. The fourth-order valence-corrected chi connectivity index (χ4v) is 0.914. The van der Waals surface area contributed by atoms with Gasteiger partial charge in [-0.25, -0.2) is 0 Å². The second-order valence-electron chi connectivity index (χ2n) is 2.73. The highest BCUT2D eigenvalue weighted by molar-refractivity contribution is 5.90. The zero-order valence-corrected chi connectivity index (χ0v) is 7.90. The first-order valence-corrected chi connectivity index (χ1v) is 4.27. The summed E-state index contributed by atoms with van der Waals surface area (Å²) < 4.78 is 5.20. The van der Waals surface area contributed by atoms with Gasteiger partial charge in [0.1, 0.15) is 5.75 Å². The van der Waals surface area contributed by atoms with Crippen LogP contribution in [0.3, 0.4) is 0 Å². The number of carbonyl (C=O) groups is 1. The molecule has 0 heterocycles. The van der Waals surface area contributed by atoms with E-state index in [9.17, 15) is 4.79 Å². The zero-order valence-electron chi connectivity index (χ0n) is 7.90. The van der Waals surface area contributed by atoms with Crippen molar-refractivity contribution >= 4 is 11.9 Å². The summed E-state index contributed by atoms with van der Waals surface area (Å²) in [5, 5.41) is 0. The Bertz CT molecular complexity index is 336. The van der Waals surface area contributed by atoms with Crippen molar-refractivity contribution in [1.29, 1.82) is 0 Å². The summed E-state index contributed by atoms with van der Waals surface area (Å²) in [6, 6.07) is 7.35. The van der Waals surface area contributed by atoms with Crippen LogP contribution in [0.1, 0.15) is 5.56 Å². The molecule has 0 N–H and O–H groups in total. The first-order chi connectivity index (χ1) is 6.76. The normalized spacial score (nSPS) is 9.14. The Labute approximate surface area is 83.5 Å². The standard InChI is InChI=1S/C12H12O2/c1-3-10-5-7-12(8-6-10)14-9-11(13)4-2/h3-8H,1-2,9H2. The minimum atomic E-state index is -0.127. The zero-order chi connectivity index (χ0) is 10.4. The van der Waals surface area contributed by atoms with E-state index >= 15 is 0 Å². The fraction of sp³-hybridized carbons (Fsp3) is 0.0833. The molecule has 0 aliphatic rings. The van der Waals surface area contributed by atoms with Crippen molar-refractivity contribution in [2.24, 2.45) is 0 Å². The van der Waals surface area contributed by atoms with Gasteiger partial charge in [0.05, 0.1) is 0 Å². The Balaban J connectivity index is 2.55. The molecule has 14 heavy (non-hydrogen) atoms. The topological polar surface area (TPSA) is 26.3 Å². The minimum absolute atomic E-state index is 0.0386. The van der Waals surface area contributed by atoms with Gasteiger partial charge in [0.2, 0.25) is 0 Å². The number of hydrogen-bond acceptors (Lipinski definition) is 2. The van der Waals surface area contributed by atoms with Crippen molar-refractivity contribution in [3.05, 3.63) is 49.1 Å². The molecule has 0 fully saturated rings. The Morgan fingerprint density at radius 2 is 1.93 bits per heavy atom. The van der Waals surface area contributed by atoms with E-state index in [1.54, 1.807) is 18.2 Å². The molecule has 0 unspecified atom stereocenters. The molecular formula is C12H12O2. The Morgan fingerprint density at radius 3 is 2.43 bits per heavy atom. The number of benzene rings is 1. The predicted octanol–water partition coefficient (Wildman–Crippen LogP) is 2.46. The van der Waals surface area contributed by atoms with E-state index in [2.05, 4.69) is 13.2 Å². The molecule has 0 saturated heterocycles. The SMILES string of the molecule is C=CC(=O)COc1ccc(C=C)cc1. The highest BCUT2D eigenvalue weighted by atomic mass is 16.5. The molecule has 0 aliphatic carbocycles. The summed E-state index contributed by atoms with van der Waals surface area (Å²) >= 11 is 0. The highest BCUT2D eigenvalue weighted by Crippen LogP contribution is 2.12. The molecule has 0 aliphatic heterocycles. The van der Waals surface area contributed by atoms with Gasteiger partial charge in [0.15, 0.2) is 12.4 Å². The summed E-state index contributed by atoms with van der Waals surface area (Å²) in [5.74, 6) is 0.545. The molecule has 72 valence electrons. The average Bonchev–Trinajstić information content (AvgIpc) is 2.26. The van der Waals surface area contributed by atoms with Crippen LogP contribution < -0.4 is 4.74 Å². The van der Waals surface area contributed by atoms with E-state index in [-0.39, 0.29) is 12.4 Å². The smallest absolute Gasteiger partial charge is 0.192 e. The van der Waals surface area contributed by atoms with Crippen molar-refractivity contribution in [3.63, 3.8) is 0 Å². The van der Waals surface area contributed by atoms with Gasteiger partial charge in [-0.3, -0.25) is 4.79 Å². The van der Waals surface area contributed by atoms with E-state index in [0.29, 0.717) is 5.75 Å². The Kier molecular flexibility index (Phi) is 3.68. The van der Waals surface area contributed by atoms with Crippen LogP contribution in [0, 0.1) is 0 Å². The van der Waals surface area contributed by atoms with E-state index < -0.39 is 0 Å². The summed E-state index contributed by atoms with van der Waals surface area (Å²) in [7, 11) is 0. The molecule has 2 nitrogen and oxygen atoms in total. The monoisotopic (exact) mass is 188 g/mol. The molecule has 0 bridgehead atoms. The van der Waals surface area contributed by atoms with E-state index in [4.69, 9.17) is 4.74 Å². The van der Waals surface area contributed by atoms with E-state index in [1.807, 2.05) is 12.1 Å². The molecule has 0 aromatic heterocycles. The molecule has 0 saturated carbocycles. The molecule has 1 rings (SSSR count). The van der Waals surface area contributed by atoms with E-state index in [0.717, 1.165) is 5.56 Å². The van der Waals surface area contributed by atoms with E-state index in [1.165, 1.54) is 6.08 Å². The third-order valence-electron chi connectivity index (χ3n) is 1.72. The van der Waals surface area contributed by atoms with Crippen molar-refractivity contribution in [2.75, 3.05) is 6.61 Å². The molecule has 0 radical (unpaired) electrons. The molecule has 1 aromatic carbocycles. The molecule has 2 heteroatoms. The van der Waals surface area contributed by atoms with Gasteiger partial charge in [-0.2, -0.15) is 0 Å². The van der Waals surface area contributed by atoms with Crippen molar-refractivity contribution in [3.8, 4) is 5.75 Å². The van der Waals surface area contributed by atoms with Crippen LogP contribution in [0.25, 0.3) is 6.08 Å². The van der Waals surface area contributed by atoms with Gasteiger partial charge in [0, 0.05) is 0 Å². The molecule has 1 aromatic rings. The predicted molar refractivity (Wildman–Crippen MR) is 57.2 cm³/mol. The van der Waals surface area contributed by atoms with Gasteiger partial charge in [-0.1, -0.05) is 31.4 Å². The third kappa shape index (κ3) is 2.90. The van der Waals surface area contributed by atoms with Gasteiger partial charge in [-0.05, 0) is 23.8 Å². The number of rotatable bonds is 5. The second kappa shape index (κ2) is 5.02. The lowest BCUT2D eigenvalue weighted by molar-refractivity contribution is -0.116. The minimum Gasteiger partial charge on any atom is -0.485 e. The fourth-order valence-electron chi connectivity index (χ4n) is 0.914. The van der Waals surface area contributed by atoms with Gasteiger partial charge >= 0.3 is 0 Å². The van der Waals surface area contributed by atoms with Crippen LogP contribution in [-0.2, 0) is 4.79 Å². The molecular weight excluding hydrogens is 176 g/mol. The third-order valence-corrected chi connectivity index (χ3v) is 1.72. The van der Waals surface area contributed by atoms with Crippen LogP contribution in [-0.4, -0.2) is 12.4 Å². The van der Waals surface area contributed by atoms with Crippen LogP contribution in [0.2, 0.25) is 0 Å². The van der Waals surface area contributed by atoms with Crippen molar-refractivity contribution in [1.82, 2.24) is 0 Å². The van der Waals surface area contributed by atoms with Crippen LogP contribution >= 0.6 is 0 Å². The quantitative estimate of drug-likeness (QED) is 0.663. The Morgan fingerprint density at radius 1 is 1.29 bits per heavy atom. The van der Waals surface area contributed by atoms with Crippen molar-refractivity contribution < 1.29 is 9.53 Å². The lowest BCUT2D eigenvalue weighted by atomic mass is 10.2. The molecule has 0 amide bonds. The first-order valence-electron chi connectivity index (χ1n) is 4.27. The summed E-state index contributed by atoms with van der Waals surface area (Å²) in [5.41, 5.74) is 1.02. The summed E-state index contributed by atoms with van der Waals surface area (Å²) in [6.07, 6.45) is 3.00. The maximum atomic E-state index is 10.8. The highest BCUT2D eigenvalue weighted by Gasteiger charge is 1.97. The summed E-state index contributed by atoms with van der Waals surface area (Å²) in [6.45, 7) is 7.04. The van der Waals surface area contributed by atoms with Crippen LogP contribution in [0.15, 0.2) is 43.5 Å². The first kappa shape index (κ1) is 10.3. The van der Waals surface area contributed by atoms with Crippen LogP contribution in [0.5, 0.6) is 5.75 Å².